The fraction of sp³-hybridized carbons (Fsp3) is 0.500. The van der Waals surface area contributed by atoms with Gasteiger partial charge >= 0.3 is 0 Å². The first-order valence-corrected chi connectivity index (χ1v) is 16.2. The maximum atomic E-state index is 13.8. The van der Waals surface area contributed by atoms with Gasteiger partial charge in [-0.15, -0.1) is 0 Å². The summed E-state index contributed by atoms with van der Waals surface area (Å²) >= 11 is 0. The fourth-order valence-corrected chi connectivity index (χ4v) is 4.99. The number of hydrogen-bond acceptors (Lipinski definition) is 7. The normalized spacial score (nSPS) is 15.1. The molecule has 1 fully saturated rings. The first-order chi connectivity index (χ1) is 22.2. The van der Waals surface area contributed by atoms with E-state index in [1.54, 1.807) is 0 Å². The second-order valence-electron chi connectivity index (χ2n) is 11.9. The summed E-state index contributed by atoms with van der Waals surface area (Å²) in [5.74, 6) is -1.62. The zero-order chi connectivity index (χ0) is 33.3. The summed E-state index contributed by atoms with van der Waals surface area (Å²) in [6.45, 7) is 2.45. The topological polar surface area (TPSA) is 207 Å². The second-order valence-corrected chi connectivity index (χ2v) is 11.9. The summed E-state index contributed by atoms with van der Waals surface area (Å²) in [6.07, 6.45) is 5.22. The zero-order valence-corrected chi connectivity index (χ0v) is 26.8. The maximum Gasteiger partial charge on any atom is 0.243 e. The number of nitrogens with zero attached hydrogens (tertiary/aromatic N) is 1. The quantitative estimate of drug-likeness (QED) is 0.0593. The van der Waals surface area contributed by atoms with E-state index in [9.17, 15) is 19.2 Å². The molecule has 2 aromatic rings. The number of rotatable bonds is 21. The van der Waals surface area contributed by atoms with Crippen molar-refractivity contribution >= 4 is 29.5 Å². The molecule has 2 aromatic carbocycles. The summed E-state index contributed by atoms with van der Waals surface area (Å²) < 4.78 is 0. The Hall–Kier alpha value is -4.29. The van der Waals surface area contributed by atoms with E-state index in [-0.39, 0.29) is 24.7 Å². The third-order valence-corrected chi connectivity index (χ3v) is 7.82. The van der Waals surface area contributed by atoms with Crippen LogP contribution in [-0.2, 0) is 32.0 Å². The lowest BCUT2D eigenvalue weighted by atomic mass is 10.0. The maximum absolute atomic E-state index is 13.8. The van der Waals surface area contributed by atoms with Gasteiger partial charge in [-0.3, -0.25) is 24.2 Å². The molecule has 46 heavy (non-hydrogen) atoms. The first kappa shape index (κ1) is 36.2. The van der Waals surface area contributed by atoms with Gasteiger partial charge in [0.2, 0.25) is 17.7 Å². The minimum Gasteiger partial charge on any atom is -0.370 e. The van der Waals surface area contributed by atoms with Gasteiger partial charge in [-0.2, -0.15) is 0 Å². The molecule has 3 rings (SSSR count). The fourth-order valence-electron chi connectivity index (χ4n) is 4.99. The number of amides is 3. The average molecular weight is 635 g/mol. The van der Waals surface area contributed by atoms with Crippen molar-refractivity contribution in [2.45, 2.75) is 94.9 Å². The van der Waals surface area contributed by atoms with Crippen LogP contribution in [0.15, 0.2) is 65.7 Å². The van der Waals surface area contributed by atoms with Gasteiger partial charge in [0.15, 0.2) is 11.7 Å². The van der Waals surface area contributed by atoms with Crippen molar-refractivity contribution in [2.75, 3.05) is 13.1 Å². The summed E-state index contributed by atoms with van der Waals surface area (Å²) in [6, 6.07) is 15.5. The molecule has 4 atom stereocenters. The molecule has 1 aliphatic rings. The molecule has 0 spiro atoms. The highest BCUT2D eigenvalue weighted by atomic mass is 16.2. The van der Waals surface area contributed by atoms with Crippen LogP contribution in [0.4, 0.5) is 0 Å². The van der Waals surface area contributed by atoms with Crippen molar-refractivity contribution in [2.24, 2.45) is 22.2 Å². The number of nitrogens with one attached hydrogen (secondary N) is 4. The molecule has 12 heteroatoms. The van der Waals surface area contributed by atoms with Gasteiger partial charge < -0.3 is 38.5 Å². The molecule has 0 aliphatic heterocycles. The zero-order valence-electron chi connectivity index (χ0n) is 26.8. The summed E-state index contributed by atoms with van der Waals surface area (Å²) in [5.41, 5.74) is 18.8. The lowest BCUT2D eigenvalue weighted by Crippen LogP contribution is -2.58. The predicted octanol–water partition coefficient (Wildman–Crippen LogP) is 0.818. The number of unbranched alkanes of at least 4 members (excludes halogenated alkanes) is 1. The van der Waals surface area contributed by atoms with Crippen molar-refractivity contribution in [3.8, 4) is 0 Å². The van der Waals surface area contributed by atoms with Crippen LogP contribution in [0.3, 0.4) is 0 Å². The number of guanidine groups is 1. The SMILES string of the molecule is CCCC[C@@H](NC(=O)[C@@H](Cc1ccccc1)NC(=O)[C@H](N)Cc1ccccc1)C(=O)N[C@H](CCCN=C(N)N)C(=O)CNC1CC1. The Morgan fingerprint density at radius 3 is 1.89 bits per heavy atom. The van der Waals surface area contributed by atoms with E-state index in [1.807, 2.05) is 67.6 Å². The monoisotopic (exact) mass is 634 g/mol. The van der Waals surface area contributed by atoms with Gasteiger partial charge in [0, 0.05) is 19.0 Å². The van der Waals surface area contributed by atoms with Crippen molar-refractivity contribution in [1.29, 1.82) is 0 Å². The molecule has 0 heterocycles. The number of ketones is 1. The number of carbonyl (C=O) groups excluding carboxylic acids is 4. The number of carbonyl (C=O) groups is 4. The first-order valence-electron chi connectivity index (χ1n) is 16.2. The van der Waals surface area contributed by atoms with Crippen LogP contribution < -0.4 is 38.5 Å². The molecule has 250 valence electrons. The van der Waals surface area contributed by atoms with Gasteiger partial charge in [-0.1, -0.05) is 80.4 Å². The number of Topliss-reactive ketones (excluding diaryl/α,β-unsaturated/α-hetero) is 1. The van der Waals surface area contributed by atoms with E-state index in [0.717, 1.165) is 30.4 Å². The third-order valence-electron chi connectivity index (χ3n) is 7.82. The highest BCUT2D eigenvalue weighted by Crippen LogP contribution is 2.18. The van der Waals surface area contributed by atoms with Crippen molar-refractivity contribution in [1.82, 2.24) is 21.3 Å². The molecule has 1 saturated carbocycles. The van der Waals surface area contributed by atoms with E-state index in [4.69, 9.17) is 17.2 Å². The molecule has 3 amide bonds. The van der Waals surface area contributed by atoms with Crippen LogP contribution in [-0.4, -0.2) is 72.8 Å². The van der Waals surface area contributed by atoms with Crippen LogP contribution in [0.2, 0.25) is 0 Å². The average Bonchev–Trinajstić information content (AvgIpc) is 3.88. The van der Waals surface area contributed by atoms with E-state index in [0.29, 0.717) is 44.7 Å². The molecule has 12 nitrogen and oxygen atoms in total. The van der Waals surface area contributed by atoms with Crippen LogP contribution in [0.5, 0.6) is 0 Å². The molecule has 1 aliphatic carbocycles. The number of nitrogens with two attached hydrogens (primary N) is 3. The van der Waals surface area contributed by atoms with Crippen molar-refractivity contribution < 1.29 is 19.2 Å². The van der Waals surface area contributed by atoms with E-state index < -0.39 is 41.9 Å². The number of benzene rings is 2. The minimum absolute atomic E-state index is 0.0391. The molecule has 10 N–H and O–H groups in total. The predicted molar refractivity (Wildman–Crippen MR) is 180 cm³/mol. The molecular formula is C34H50N8O4. The molecule has 0 radical (unpaired) electrons. The smallest absolute Gasteiger partial charge is 0.243 e. The summed E-state index contributed by atoms with van der Waals surface area (Å²) in [4.78, 5) is 57.7. The number of hydrogen-bond donors (Lipinski definition) is 7. The van der Waals surface area contributed by atoms with Gasteiger partial charge in [0.1, 0.15) is 12.1 Å². The second kappa shape index (κ2) is 19.3. The van der Waals surface area contributed by atoms with E-state index >= 15 is 0 Å². The number of aliphatic imine (C=N–C) groups is 1. The van der Waals surface area contributed by atoms with Crippen LogP contribution in [0, 0.1) is 0 Å². The van der Waals surface area contributed by atoms with Gasteiger partial charge in [0.25, 0.3) is 0 Å². The van der Waals surface area contributed by atoms with Crippen LogP contribution in [0.25, 0.3) is 0 Å². The Balaban J connectivity index is 1.72. The molecule has 0 bridgehead atoms. The molecule has 0 aromatic heterocycles. The summed E-state index contributed by atoms with van der Waals surface area (Å²) in [7, 11) is 0. The molecular weight excluding hydrogens is 584 g/mol. The third kappa shape index (κ3) is 13.4. The Bertz CT molecular complexity index is 1280. The highest BCUT2D eigenvalue weighted by molar-refractivity contribution is 5.95. The minimum atomic E-state index is -0.978. The lowest BCUT2D eigenvalue weighted by Gasteiger charge is -2.26. The Labute approximate surface area is 271 Å². The van der Waals surface area contributed by atoms with Crippen LogP contribution >= 0.6 is 0 Å². The van der Waals surface area contributed by atoms with Crippen molar-refractivity contribution in [3.63, 3.8) is 0 Å². The van der Waals surface area contributed by atoms with E-state index in [2.05, 4.69) is 26.3 Å². The highest BCUT2D eigenvalue weighted by Gasteiger charge is 2.31. The Morgan fingerprint density at radius 1 is 0.761 bits per heavy atom. The standard InChI is InChI=1S/C34H50N8O4/c1-2-3-15-28(32(45)40-27(16-10-19-38-34(36)37)30(43)22-39-25-17-18-25)41-33(46)29(21-24-13-8-5-9-14-24)42-31(44)26(35)20-23-11-6-4-7-12-23/h4-9,11-14,25-29,39H,2-3,10,15-22,35H2,1H3,(H,40,45)(H,41,46)(H,42,44)(H4,36,37,38)/t26-,27-,28-,29-/m1/s1. The van der Waals surface area contributed by atoms with Gasteiger partial charge in [-0.25, -0.2) is 0 Å². The van der Waals surface area contributed by atoms with Crippen LogP contribution in [0.1, 0.15) is 63.0 Å². The lowest BCUT2D eigenvalue weighted by molar-refractivity contribution is -0.133. The van der Waals surface area contributed by atoms with Crippen molar-refractivity contribution in [3.05, 3.63) is 71.8 Å². The molecule has 0 unspecified atom stereocenters. The molecule has 0 saturated heterocycles. The Morgan fingerprint density at radius 2 is 1.30 bits per heavy atom. The largest absolute Gasteiger partial charge is 0.370 e. The van der Waals surface area contributed by atoms with E-state index in [1.165, 1.54) is 0 Å². The van der Waals surface area contributed by atoms with Gasteiger partial charge in [-0.05, 0) is 49.7 Å². The summed E-state index contributed by atoms with van der Waals surface area (Å²) in [5, 5.41) is 11.8. The Kier molecular flexibility index (Phi) is 15.2. The van der Waals surface area contributed by atoms with Gasteiger partial charge in [0.05, 0.1) is 18.6 Å².